The van der Waals surface area contributed by atoms with E-state index >= 15 is 0 Å². The SMILES string of the molecule is c1ccc(-c2ccc(-c3ccccc3N(c3ccc4c(c3)-c3ccccc3C4(c3ccccc3)c3ccc(-c4ccc5c(c4)-c4ccccc4C54c5ccccc5-c5c(N(c6cccc(-c7ccccc7-c7ccccc7)c6)c6ccc7c(c6)-c6ccccc6C7(c6ccccc6)c6ccccc6)cccc54)cc3)c3cccc4c3-c3ccccc3C43c4ccccc4-c4ccccc43)cc2)cc1. The van der Waals surface area contributed by atoms with Crippen molar-refractivity contribution in [1.29, 1.82) is 0 Å². The van der Waals surface area contributed by atoms with Gasteiger partial charge in [0.25, 0.3) is 0 Å². The summed E-state index contributed by atoms with van der Waals surface area (Å²) in [4.78, 5) is 5.17. The lowest BCUT2D eigenvalue weighted by Crippen LogP contribution is -2.28. The van der Waals surface area contributed by atoms with Gasteiger partial charge < -0.3 is 9.80 Å². The van der Waals surface area contributed by atoms with Crippen molar-refractivity contribution in [2.75, 3.05) is 9.80 Å². The van der Waals surface area contributed by atoms with Crippen molar-refractivity contribution < 1.29 is 0 Å². The summed E-state index contributed by atoms with van der Waals surface area (Å²) >= 11 is 0. The summed E-state index contributed by atoms with van der Waals surface area (Å²) in [6.07, 6.45) is 0. The normalized spacial score (nSPS) is 15.3. The lowest BCUT2D eigenvalue weighted by atomic mass is 9.67. The summed E-state index contributed by atoms with van der Waals surface area (Å²) in [6.45, 7) is 0. The Morgan fingerprint density at radius 3 is 0.855 bits per heavy atom. The molecule has 6 aliphatic rings. The third kappa shape index (κ3) is 11.2. The quantitative estimate of drug-likeness (QED) is 0.101. The molecule has 22 aromatic rings. The van der Waals surface area contributed by atoms with E-state index in [2.05, 4.69) is 544 Å². The van der Waals surface area contributed by atoms with Crippen molar-refractivity contribution in [1.82, 2.24) is 0 Å². The lowest BCUT2D eigenvalue weighted by Gasteiger charge is -2.35. The first kappa shape index (κ1) is 79.0. The van der Waals surface area contributed by atoms with Crippen LogP contribution in [0.15, 0.2) is 534 Å². The van der Waals surface area contributed by atoms with Gasteiger partial charge in [0.1, 0.15) is 0 Å². The predicted molar refractivity (Wildman–Crippen MR) is 570 cm³/mol. The summed E-state index contributed by atoms with van der Waals surface area (Å²) in [7, 11) is 0. The van der Waals surface area contributed by atoms with E-state index in [1.165, 1.54) is 184 Å². The van der Waals surface area contributed by atoms with Crippen molar-refractivity contribution in [2.45, 2.75) is 21.7 Å². The third-order valence-electron chi connectivity index (χ3n) is 31.3. The van der Waals surface area contributed by atoms with Gasteiger partial charge in [-0.1, -0.05) is 473 Å². The molecular weight excluding hydrogens is 1660 g/mol. The summed E-state index contributed by atoms with van der Waals surface area (Å²) < 4.78 is 0. The van der Waals surface area contributed by atoms with Gasteiger partial charge in [0.05, 0.1) is 38.7 Å². The zero-order valence-electron chi connectivity index (χ0n) is 75.7. The third-order valence-corrected chi connectivity index (χ3v) is 31.3. The monoisotopic (exact) mass is 1750 g/mol. The van der Waals surface area contributed by atoms with Gasteiger partial charge in [-0.05, 0) is 255 Å². The fraction of sp³-hybridized carbons (Fsp3) is 0.0294. The Kier molecular flexibility index (Phi) is 17.8. The molecule has 2 unspecified atom stereocenters. The highest BCUT2D eigenvalue weighted by Crippen LogP contribution is 2.69. The smallest absolute Gasteiger partial charge is 0.0726 e. The van der Waals surface area contributed by atoms with Crippen LogP contribution in [0, 0.1) is 0 Å². The molecule has 0 amide bonds. The Bertz CT molecular complexity index is 8610. The summed E-state index contributed by atoms with van der Waals surface area (Å²) in [5, 5.41) is 0. The number of hydrogen-bond acceptors (Lipinski definition) is 2. The highest BCUT2D eigenvalue weighted by Gasteiger charge is 2.56. The van der Waals surface area contributed by atoms with Gasteiger partial charge in [-0.2, -0.15) is 0 Å². The number of anilines is 6. The van der Waals surface area contributed by atoms with Gasteiger partial charge in [-0.3, -0.25) is 0 Å². The van der Waals surface area contributed by atoms with Crippen molar-refractivity contribution >= 4 is 34.1 Å². The van der Waals surface area contributed by atoms with Gasteiger partial charge in [0, 0.05) is 33.8 Å². The molecule has 22 aromatic carbocycles. The number of fused-ring (bicyclic) bond motifs is 26. The maximum absolute atomic E-state index is 2.60. The first-order valence-corrected chi connectivity index (χ1v) is 48.3. The van der Waals surface area contributed by atoms with Crippen LogP contribution >= 0.6 is 0 Å². The second kappa shape index (κ2) is 31.0. The molecule has 6 aliphatic carbocycles. The van der Waals surface area contributed by atoms with Gasteiger partial charge in [-0.15, -0.1) is 0 Å². The molecule has 138 heavy (non-hydrogen) atoms. The van der Waals surface area contributed by atoms with E-state index in [0.29, 0.717) is 0 Å². The second-order valence-electron chi connectivity index (χ2n) is 37.7. The molecule has 28 rings (SSSR count). The Hall–Kier alpha value is -17.6. The fourth-order valence-corrected chi connectivity index (χ4v) is 25.9. The van der Waals surface area contributed by atoms with Gasteiger partial charge in [0.15, 0.2) is 0 Å². The number of benzene rings is 22. The molecular formula is C136H88N2. The van der Waals surface area contributed by atoms with E-state index in [1.807, 2.05) is 0 Å². The summed E-state index contributed by atoms with van der Waals surface area (Å²) in [6, 6.07) is 202. The van der Waals surface area contributed by atoms with E-state index in [4.69, 9.17) is 0 Å². The predicted octanol–water partition coefficient (Wildman–Crippen LogP) is 34.4. The first-order valence-electron chi connectivity index (χ1n) is 48.3. The number of rotatable bonds is 15. The second-order valence-corrected chi connectivity index (χ2v) is 37.7. The minimum absolute atomic E-state index is 0.549. The van der Waals surface area contributed by atoms with Crippen molar-refractivity contribution in [3.63, 3.8) is 0 Å². The molecule has 2 atom stereocenters. The molecule has 0 aromatic heterocycles. The highest BCUT2D eigenvalue weighted by molar-refractivity contribution is 6.07. The van der Waals surface area contributed by atoms with Crippen LogP contribution in [0.25, 0.3) is 122 Å². The number of nitrogens with zero attached hydrogens (tertiary/aromatic N) is 2. The first-order chi connectivity index (χ1) is 68.5. The Labute approximate surface area is 805 Å². The van der Waals surface area contributed by atoms with E-state index in [9.17, 15) is 0 Å². The van der Waals surface area contributed by atoms with Crippen molar-refractivity contribution in [3.8, 4) is 122 Å². The Morgan fingerprint density at radius 1 is 0.116 bits per heavy atom. The molecule has 2 spiro atoms. The molecule has 0 saturated carbocycles. The summed E-state index contributed by atoms with van der Waals surface area (Å²) in [5.41, 5.74) is 50.8. The minimum atomic E-state index is -0.712. The van der Waals surface area contributed by atoms with Crippen LogP contribution < -0.4 is 9.80 Å². The van der Waals surface area contributed by atoms with Gasteiger partial charge in [-0.25, -0.2) is 0 Å². The molecule has 2 heteroatoms. The van der Waals surface area contributed by atoms with Crippen LogP contribution in [0.3, 0.4) is 0 Å². The number of hydrogen-bond donors (Lipinski definition) is 0. The van der Waals surface area contributed by atoms with Crippen LogP contribution in [-0.2, 0) is 21.7 Å². The van der Waals surface area contributed by atoms with Crippen LogP contribution in [-0.4, -0.2) is 0 Å². The number of para-hydroxylation sites is 1. The zero-order valence-corrected chi connectivity index (χ0v) is 75.7. The van der Waals surface area contributed by atoms with Crippen molar-refractivity contribution in [2.24, 2.45) is 0 Å². The average molecular weight is 1750 g/mol. The average Bonchev–Trinajstić information content (AvgIpc) is 1.52. The fourth-order valence-electron chi connectivity index (χ4n) is 25.9. The van der Waals surface area contributed by atoms with Crippen molar-refractivity contribution in [3.05, 3.63) is 623 Å². The Morgan fingerprint density at radius 2 is 0.377 bits per heavy atom. The standard InChI is InChI=1S/C136H88N2/c1-6-37-89(38-7-1)90-71-73-93(74-72-90)105-51-25-33-68-128(105)138(130-70-36-67-127-132(130)112-58-24-31-64-121(112)135(127)118-61-28-18-52-106(118)107-53-19-29-62-119(107)135)102-81-84-124-115(88-102)110-56-21-27-60-117(110)134(124,98-46-14-5-15-47-98)99-78-75-91(76-79-99)94-77-82-125-113(86-94)108-54-22-30-63-120(108)136(125)122-65-32-23-57-111(122)131-126(136)66-35-69-129(131)137(100-48-34-41-95(85-100)104-50-17-16-49-103(104)92-39-8-2-9-40-92)101-80-83-123-114(87-101)109-55-20-26-59-116(109)133(123,96-42-10-3-11-43-96)97-44-12-4-13-45-97/h1-88H. The van der Waals surface area contributed by atoms with Gasteiger partial charge in [0.2, 0.25) is 0 Å². The molecule has 0 N–H and O–H groups in total. The van der Waals surface area contributed by atoms with E-state index in [0.717, 1.165) is 61.9 Å². The molecule has 642 valence electrons. The maximum atomic E-state index is 2.60. The van der Waals surface area contributed by atoms with Crippen LogP contribution in [0.1, 0.15) is 89.0 Å². The molecule has 2 nitrogen and oxygen atoms in total. The molecule has 0 aliphatic heterocycles. The molecule has 0 saturated heterocycles. The largest absolute Gasteiger partial charge is 0.310 e. The van der Waals surface area contributed by atoms with Crippen LogP contribution in [0.2, 0.25) is 0 Å². The Balaban J connectivity index is 0.592. The van der Waals surface area contributed by atoms with E-state index in [-0.39, 0.29) is 0 Å². The van der Waals surface area contributed by atoms with Crippen LogP contribution in [0.5, 0.6) is 0 Å². The minimum Gasteiger partial charge on any atom is -0.310 e. The molecule has 0 radical (unpaired) electrons. The molecule has 0 fully saturated rings. The van der Waals surface area contributed by atoms with Gasteiger partial charge >= 0.3 is 0 Å². The summed E-state index contributed by atoms with van der Waals surface area (Å²) in [5.74, 6) is 0. The lowest BCUT2D eigenvalue weighted by molar-refractivity contribution is 0.768. The van der Waals surface area contributed by atoms with E-state index in [1.54, 1.807) is 0 Å². The highest BCUT2D eigenvalue weighted by atomic mass is 15.2. The topological polar surface area (TPSA) is 6.48 Å². The maximum Gasteiger partial charge on any atom is 0.0726 e. The molecule has 0 bridgehead atoms. The molecule has 0 heterocycles. The van der Waals surface area contributed by atoms with E-state index < -0.39 is 21.7 Å². The zero-order chi connectivity index (χ0) is 90.8. The van der Waals surface area contributed by atoms with Crippen LogP contribution in [0.4, 0.5) is 34.1 Å².